The van der Waals surface area contributed by atoms with E-state index in [1.54, 1.807) is 6.20 Å². The van der Waals surface area contributed by atoms with Crippen LogP contribution in [0.4, 0.5) is 0 Å². The van der Waals surface area contributed by atoms with E-state index < -0.39 is 0 Å². The molecule has 2 unspecified atom stereocenters. The van der Waals surface area contributed by atoms with E-state index in [1.807, 2.05) is 17.7 Å². The minimum absolute atomic E-state index is 0.0685. The fourth-order valence-electron chi connectivity index (χ4n) is 4.36. The van der Waals surface area contributed by atoms with Crippen LogP contribution in [-0.4, -0.2) is 77.7 Å². The van der Waals surface area contributed by atoms with Gasteiger partial charge in [0.1, 0.15) is 0 Å². The molecule has 1 N–H and O–H groups in total. The number of nitrogens with zero attached hydrogens (tertiary/aromatic N) is 4. The van der Waals surface area contributed by atoms with E-state index in [0.29, 0.717) is 18.0 Å². The maximum absolute atomic E-state index is 13.1. The number of carbonyl (C=O) groups excluding carboxylic acids is 1. The van der Waals surface area contributed by atoms with E-state index in [0.717, 1.165) is 62.7 Å². The number of hydrogen-bond donors (Lipinski definition) is 1. The summed E-state index contributed by atoms with van der Waals surface area (Å²) in [6.07, 6.45) is 2.79. The molecule has 2 aromatic rings. The van der Waals surface area contributed by atoms with Crippen molar-refractivity contribution in [2.24, 2.45) is 5.92 Å². The van der Waals surface area contributed by atoms with Crippen LogP contribution in [0.15, 0.2) is 12.3 Å². The van der Waals surface area contributed by atoms with Gasteiger partial charge >= 0.3 is 0 Å². The number of ether oxygens (including phenoxy) is 2. The lowest BCUT2D eigenvalue weighted by molar-refractivity contribution is 0.00167. The van der Waals surface area contributed by atoms with Gasteiger partial charge in [-0.2, -0.15) is 5.10 Å². The Hall–Kier alpha value is -2.03. The molecular weight excluding hydrogens is 370 g/mol. The van der Waals surface area contributed by atoms with E-state index in [2.05, 4.69) is 34.1 Å². The second-order valence-corrected chi connectivity index (χ2v) is 8.28. The summed E-state index contributed by atoms with van der Waals surface area (Å²) in [7, 11) is 0. The number of amides is 1. The Morgan fingerprint density at radius 1 is 1.28 bits per heavy atom. The molecule has 0 aliphatic carbocycles. The molecule has 0 saturated carbocycles. The predicted molar refractivity (Wildman–Crippen MR) is 110 cm³/mol. The summed E-state index contributed by atoms with van der Waals surface area (Å²) in [6, 6.07) is 2.31. The number of fused-ring (bicyclic) bond motifs is 1. The summed E-state index contributed by atoms with van der Waals surface area (Å²) >= 11 is 0. The van der Waals surface area contributed by atoms with Crippen LogP contribution >= 0.6 is 0 Å². The summed E-state index contributed by atoms with van der Waals surface area (Å²) in [5, 5.41) is 8.44. The zero-order valence-corrected chi connectivity index (χ0v) is 17.6. The molecule has 29 heavy (non-hydrogen) atoms. The molecule has 0 aromatic carbocycles. The number of rotatable bonds is 6. The lowest BCUT2D eigenvalue weighted by atomic mass is 9.96. The van der Waals surface area contributed by atoms with Gasteiger partial charge in [-0.3, -0.25) is 9.69 Å². The largest absolute Gasteiger partial charge is 0.381 e. The van der Waals surface area contributed by atoms with Crippen molar-refractivity contribution >= 4 is 16.9 Å². The van der Waals surface area contributed by atoms with Gasteiger partial charge in [-0.1, -0.05) is 0 Å². The Kier molecular flexibility index (Phi) is 6.12. The zero-order valence-electron chi connectivity index (χ0n) is 17.6. The summed E-state index contributed by atoms with van der Waals surface area (Å²) in [6.45, 7) is 11.5. The maximum Gasteiger partial charge on any atom is 0.252 e. The van der Waals surface area contributed by atoms with Gasteiger partial charge in [-0.15, -0.1) is 0 Å². The molecule has 2 atom stereocenters. The first kappa shape index (κ1) is 20.3. The monoisotopic (exact) mass is 401 g/mol. The Morgan fingerprint density at radius 3 is 2.76 bits per heavy atom. The number of hydrogen-bond acceptors (Lipinski definition) is 6. The third kappa shape index (κ3) is 4.29. The van der Waals surface area contributed by atoms with Gasteiger partial charge < -0.3 is 14.8 Å². The number of aromatic nitrogens is 3. The smallest absolute Gasteiger partial charge is 0.252 e. The fourth-order valence-corrected chi connectivity index (χ4v) is 4.36. The highest BCUT2D eigenvalue weighted by Gasteiger charge is 2.32. The third-order valence-corrected chi connectivity index (χ3v) is 5.92. The first-order valence-electron chi connectivity index (χ1n) is 10.6. The van der Waals surface area contributed by atoms with Crippen molar-refractivity contribution in [3.8, 4) is 0 Å². The molecule has 2 aliphatic heterocycles. The first-order valence-corrected chi connectivity index (χ1v) is 10.6. The molecule has 8 heteroatoms. The van der Waals surface area contributed by atoms with Crippen molar-refractivity contribution in [2.75, 3.05) is 46.1 Å². The van der Waals surface area contributed by atoms with E-state index in [4.69, 9.17) is 9.47 Å². The second-order valence-electron chi connectivity index (χ2n) is 8.28. The highest BCUT2D eigenvalue weighted by Crippen LogP contribution is 2.23. The standard InChI is InChI=1S/C21H31N5O3/c1-14(2)26-20-18(11-23-26)17(10-15(3)24-20)21(27)22-12-19(16-4-7-29-13-16)25-5-8-28-9-6-25/h10-11,14,16,19H,4-9,12-13H2,1-3H3,(H,22,27). The Morgan fingerprint density at radius 2 is 2.07 bits per heavy atom. The SMILES string of the molecule is Cc1cc(C(=O)NCC(C2CCOC2)N2CCOCC2)c2cnn(C(C)C)c2n1. The highest BCUT2D eigenvalue weighted by atomic mass is 16.5. The van der Waals surface area contributed by atoms with Gasteiger partial charge in [0.25, 0.3) is 5.91 Å². The summed E-state index contributed by atoms with van der Waals surface area (Å²) in [4.78, 5) is 20.2. The second kappa shape index (κ2) is 8.77. The number of morpholine rings is 1. The molecule has 4 rings (SSSR count). The van der Waals surface area contributed by atoms with E-state index in [-0.39, 0.29) is 18.0 Å². The first-order chi connectivity index (χ1) is 14.0. The van der Waals surface area contributed by atoms with Crippen LogP contribution < -0.4 is 5.32 Å². The van der Waals surface area contributed by atoms with Crippen LogP contribution in [0.1, 0.15) is 42.4 Å². The maximum atomic E-state index is 13.1. The molecule has 2 saturated heterocycles. The van der Waals surface area contributed by atoms with Crippen LogP contribution in [0.2, 0.25) is 0 Å². The number of nitrogens with one attached hydrogen (secondary N) is 1. The van der Waals surface area contributed by atoms with Crippen molar-refractivity contribution in [3.63, 3.8) is 0 Å². The molecule has 0 radical (unpaired) electrons. The molecule has 158 valence electrons. The lowest BCUT2D eigenvalue weighted by Crippen LogP contribution is -2.52. The van der Waals surface area contributed by atoms with Gasteiger partial charge in [0.2, 0.25) is 0 Å². The third-order valence-electron chi connectivity index (χ3n) is 5.92. The minimum Gasteiger partial charge on any atom is -0.381 e. The van der Waals surface area contributed by atoms with Crippen molar-refractivity contribution in [2.45, 2.75) is 39.3 Å². The Labute approximate surface area is 171 Å². The van der Waals surface area contributed by atoms with E-state index in [9.17, 15) is 4.79 Å². The number of pyridine rings is 1. The lowest BCUT2D eigenvalue weighted by Gasteiger charge is -2.37. The number of carbonyl (C=O) groups is 1. The van der Waals surface area contributed by atoms with Gasteiger partial charge in [0.15, 0.2) is 5.65 Å². The van der Waals surface area contributed by atoms with Crippen molar-refractivity contribution in [1.29, 1.82) is 0 Å². The molecule has 4 heterocycles. The van der Waals surface area contributed by atoms with Crippen LogP contribution in [-0.2, 0) is 9.47 Å². The molecule has 2 fully saturated rings. The average Bonchev–Trinajstić information content (AvgIpc) is 3.38. The Bertz CT molecular complexity index is 853. The van der Waals surface area contributed by atoms with Gasteiger partial charge in [0, 0.05) is 49.9 Å². The molecule has 1 amide bonds. The normalized spacial score (nSPS) is 21.7. The van der Waals surface area contributed by atoms with E-state index >= 15 is 0 Å². The quantitative estimate of drug-likeness (QED) is 0.795. The average molecular weight is 402 g/mol. The van der Waals surface area contributed by atoms with Gasteiger partial charge in [-0.25, -0.2) is 9.67 Å². The predicted octanol–water partition coefficient (Wildman–Crippen LogP) is 1.79. The van der Waals surface area contributed by atoms with Crippen LogP contribution in [0.3, 0.4) is 0 Å². The summed E-state index contributed by atoms with van der Waals surface area (Å²) in [5.74, 6) is 0.372. The topological polar surface area (TPSA) is 81.5 Å². The fraction of sp³-hybridized carbons (Fsp3) is 0.667. The van der Waals surface area contributed by atoms with E-state index in [1.165, 1.54) is 0 Å². The summed E-state index contributed by atoms with van der Waals surface area (Å²) < 4.78 is 13.0. The van der Waals surface area contributed by atoms with Gasteiger partial charge in [0.05, 0.1) is 37.0 Å². The molecule has 2 aromatic heterocycles. The molecule has 2 aliphatic rings. The summed E-state index contributed by atoms with van der Waals surface area (Å²) in [5.41, 5.74) is 2.22. The molecule has 8 nitrogen and oxygen atoms in total. The van der Waals surface area contributed by atoms with Crippen LogP contribution in [0.25, 0.3) is 11.0 Å². The highest BCUT2D eigenvalue weighted by molar-refractivity contribution is 6.05. The number of aryl methyl sites for hydroxylation is 1. The van der Waals surface area contributed by atoms with Crippen molar-refractivity contribution in [1.82, 2.24) is 25.0 Å². The van der Waals surface area contributed by atoms with Gasteiger partial charge in [-0.05, 0) is 33.3 Å². The minimum atomic E-state index is -0.0685. The van der Waals surface area contributed by atoms with Crippen LogP contribution in [0.5, 0.6) is 0 Å². The van der Waals surface area contributed by atoms with Crippen molar-refractivity contribution < 1.29 is 14.3 Å². The van der Waals surface area contributed by atoms with Crippen molar-refractivity contribution in [3.05, 3.63) is 23.5 Å². The molecule has 0 spiro atoms. The Balaban J connectivity index is 1.53. The molecular formula is C21H31N5O3. The zero-order chi connectivity index (χ0) is 20.4. The van der Waals surface area contributed by atoms with Crippen LogP contribution in [0, 0.1) is 12.8 Å². The molecule has 0 bridgehead atoms.